The summed E-state index contributed by atoms with van der Waals surface area (Å²) in [7, 11) is -4.14. The van der Waals surface area contributed by atoms with Crippen molar-refractivity contribution < 1.29 is 18.4 Å². The molecule has 1 aromatic rings. The van der Waals surface area contributed by atoms with Crippen LogP contribution in [0.4, 0.5) is 5.69 Å². The van der Waals surface area contributed by atoms with Gasteiger partial charge < -0.3 is 5.11 Å². The average molecular weight is 323 g/mol. The predicted octanol–water partition coefficient (Wildman–Crippen LogP) is 1.69. The lowest BCUT2D eigenvalue weighted by molar-refractivity contribution is -0.387. The fourth-order valence-electron chi connectivity index (χ4n) is 1.46. The normalized spacial score (nSPS) is 14.8. The van der Waals surface area contributed by atoms with Gasteiger partial charge in [-0.1, -0.05) is 18.5 Å². The summed E-state index contributed by atoms with van der Waals surface area (Å²) >= 11 is 5.64. The number of sulfonamides is 1. The third-order valence-corrected chi connectivity index (χ3v) is 4.84. The van der Waals surface area contributed by atoms with E-state index in [1.54, 1.807) is 6.92 Å². The van der Waals surface area contributed by atoms with Crippen molar-refractivity contribution in [1.82, 2.24) is 4.72 Å². The maximum atomic E-state index is 12.2. The first kappa shape index (κ1) is 16.8. The molecule has 112 valence electrons. The van der Waals surface area contributed by atoms with E-state index in [-0.39, 0.29) is 5.02 Å². The maximum Gasteiger partial charge on any atom is 0.290 e. The van der Waals surface area contributed by atoms with Crippen LogP contribution in [0.15, 0.2) is 23.1 Å². The van der Waals surface area contributed by atoms with E-state index in [0.717, 1.165) is 12.1 Å². The van der Waals surface area contributed by atoms with Crippen molar-refractivity contribution in [1.29, 1.82) is 0 Å². The highest BCUT2D eigenvalue weighted by molar-refractivity contribution is 7.89. The Morgan fingerprint density at radius 1 is 1.50 bits per heavy atom. The van der Waals surface area contributed by atoms with Crippen molar-refractivity contribution in [2.24, 2.45) is 0 Å². The van der Waals surface area contributed by atoms with Gasteiger partial charge >= 0.3 is 0 Å². The fraction of sp³-hybridized carbons (Fsp3) is 0.455. The SMILES string of the molecule is CCC(C)(CO)NS(=O)(=O)c1ccc(Cl)cc1[N+](=O)[O-]. The van der Waals surface area contributed by atoms with Crippen LogP contribution < -0.4 is 4.72 Å². The van der Waals surface area contributed by atoms with Crippen LogP contribution in [0.3, 0.4) is 0 Å². The third-order valence-electron chi connectivity index (χ3n) is 2.92. The number of nitro benzene ring substituents is 1. The number of hydrogen-bond acceptors (Lipinski definition) is 5. The van der Waals surface area contributed by atoms with Crippen molar-refractivity contribution in [2.45, 2.75) is 30.7 Å². The van der Waals surface area contributed by atoms with Gasteiger partial charge in [-0.2, -0.15) is 0 Å². The molecule has 0 fully saturated rings. The molecule has 0 aromatic heterocycles. The molecule has 0 aliphatic heterocycles. The van der Waals surface area contributed by atoms with E-state index in [2.05, 4.69) is 4.72 Å². The van der Waals surface area contributed by atoms with Crippen LogP contribution in [0.25, 0.3) is 0 Å². The fourth-order valence-corrected chi connectivity index (χ4v) is 3.25. The van der Waals surface area contributed by atoms with Crippen LogP contribution >= 0.6 is 11.6 Å². The Morgan fingerprint density at radius 2 is 2.10 bits per heavy atom. The minimum atomic E-state index is -4.14. The molecule has 0 bridgehead atoms. The molecule has 2 N–H and O–H groups in total. The summed E-state index contributed by atoms with van der Waals surface area (Å²) in [6.45, 7) is 2.77. The van der Waals surface area contributed by atoms with Crippen LogP contribution in [-0.4, -0.2) is 30.6 Å². The molecular formula is C11H15ClN2O5S. The minimum absolute atomic E-state index is 0.0658. The Bertz CT molecular complexity index is 613. The second kappa shape index (κ2) is 6.04. The van der Waals surface area contributed by atoms with Gasteiger partial charge in [0.05, 0.1) is 17.1 Å². The zero-order valence-corrected chi connectivity index (χ0v) is 12.5. The number of nitrogens with one attached hydrogen (secondary N) is 1. The Balaban J connectivity index is 3.33. The molecule has 0 aliphatic carbocycles. The first-order chi connectivity index (χ1) is 9.15. The summed E-state index contributed by atoms with van der Waals surface area (Å²) < 4.78 is 26.7. The van der Waals surface area contributed by atoms with Crippen LogP contribution in [0.1, 0.15) is 20.3 Å². The lowest BCUT2D eigenvalue weighted by Crippen LogP contribution is -2.48. The largest absolute Gasteiger partial charge is 0.394 e. The van der Waals surface area contributed by atoms with E-state index >= 15 is 0 Å². The number of benzene rings is 1. The molecule has 0 spiro atoms. The van der Waals surface area contributed by atoms with Gasteiger partial charge in [-0.05, 0) is 25.5 Å². The minimum Gasteiger partial charge on any atom is -0.394 e. The van der Waals surface area contributed by atoms with E-state index in [1.165, 1.54) is 13.0 Å². The molecule has 9 heteroatoms. The molecule has 1 unspecified atom stereocenters. The molecule has 1 atom stereocenters. The van der Waals surface area contributed by atoms with Crippen LogP contribution in [0, 0.1) is 10.1 Å². The van der Waals surface area contributed by atoms with Crippen molar-refractivity contribution in [2.75, 3.05) is 6.61 Å². The summed E-state index contributed by atoms with van der Waals surface area (Å²) in [5.41, 5.74) is -1.70. The van der Waals surface area contributed by atoms with Crippen LogP contribution in [0.2, 0.25) is 5.02 Å². The second-order valence-electron chi connectivity index (χ2n) is 4.55. The standard InChI is InChI=1S/C11H15ClN2O5S/c1-3-11(2,7-15)13-20(18,19)10-5-4-8(12)6-9(10)14(16)17/h4-6,13,15H,3,7H2,1-2H3. The monoisotopic (exact) mass is 322 g/mol. The van der Waals surface area contributed by atoms with Crippen molar-refractivity contribution in [3.8, 4) is 0 Å². The van der Waals surface area contributed by atoms with E-state index in [4.69, 9.17) is 11.6 Å². The van der Waals surface area contributed by atoms with E-state index in [0.29, 0.717) is 6.42 Å². The van der Waals surface area contributed by atoms with Gasteiger partial charge in [-0.15, -0.1) is 0 Å². The predicted molar refractivity (Wildman–Crippen MR) is 74.2 cm³/mol. The first-order valence-electron chi connectivity index (χ1n) is 5.74. The molecule has 0 saturated heterocycles. The van der Waals surface area contributed by atoms with E-state index in [9.17, 15) is 23.6 Å². The highest BCUT2D eigenvalue weighted by atomic mass is 35.5. The van der Waals surface area contributed by atoms with Gasteiger partial charge in [0.15, 0.2) is 4.90 Å². The van der Waals surface area contributed by atoms with Gasteiger partial charge in [-0.3, -0.25) is 10.1 Å². The van der Waals surface area contributed by atoms with E-state index < -0.39 is 37.7 Å². The Kier molecular flexibility index (Phi) is 5.09. The molecular weight excluding hydrogens is 308 g/mol. The number of nitro groups is 1. The molecule has 0 radical (unpaired) electrons. The molecule has 1 rings (SSSR count). The Morgan fingerprint density at radius 3 is 2.55 bits per heavy atom. The zero-order valence-electron chi connectivity index (χ0n) is 11.0. The highest BCUT2D eigenvalue weighted by Gasteiger charge is 2.32. The topological polar surface area (TPSA) is 110 Å². The number of halogens is 1. The van der Waals surface area contributed by atoms with Crippen molar-refractivity contribution in [3.63, 3.8) is 0 Å². The maximum absolute atomic E-state index is 12.2. The third kappa shape index (κ3) is 3.66. The summed E-state index contributed by atoms with van der Waals surface area (Å²) in [4.78, 5) is 9.63. The summed E-state index contributed by atoms with van der Waals surface area (Å²) in [6, 6.07) is 3.29. The number of nitrogens with zero attached hydrogens (tertiary/aromatic N) is 1. The lowest BCUT2D eigenvalue weighted by Gasteiger charge is -2.26. The number of hydrogen-bond donors (Lipinski definition) is 2. The molecule has 0 saturated carbocycles. The van der Waals surface area contributed by atoms with Gasteiger partial charge in [0.1, 0.15) is 0 Å². The lowest BCUT2D eigenvalue weighted by atomic mass is 10.0. The number of rotatable bonds is 6. The Labute approximate surface area is 121 Å². The van der Waals surface area contributed by atoms with Gasteiger partial charge in [0.2, 0.25) is 10.0 Å². The highest BCUT2D eigenvalue weighted by Crippen LogP contribution is 2.28. The zero-order chi connectivity index (χ0) is 15.6. The molecule has 0 aliphatic rings. The number of aliphatic hydroxyl groups excluding tert-OH is 1. The Hall–Kier alpha value is -1.22. The van der Waals surface area contributed by atoms with Crippen LogP contribution in [-0.2, 0) is 10.0 Å². The first-order valence-corrected chi connectivity index (χ1v) is 7.60. The van der Waals surface area contributed by atoms with Gasteiger partial charge in [-0.25, -0.2) is 13.1 Å². The molecule has 0 heterocycles. The molecule has 0 amide bonds. The average Bonchev–Trinajstić information content (AvgIpc) is 2.37. The second-order valence-corrected chi connectivity index (χ2v) is 6.63. The van der Waals surface area contributed by atoms with Crippen molar-refractivity contribution >= 4 is 27.3 Å². The van der Waals surface area contributed by atoms with E-state index in [1.807, 2.05) is 0 Å². The van der Waals surface area contributed by atoms with Crippen LogP contribution in [0.5, 0.6) is 0 Å². The summed E-state index contributed by atoms with van der Waals surface area (Å²) in [5.74, 6) is 0. The van der Waals surface area contributed by atoms with Crippen molar-refractivity contribution in [3.05, 3.63) is 33.3 Å². The molecule has 1 aromatic carbocycles. The smallest absolute Gasteiger partial charge is 0.290 e. The molecule has 7 nitrogen and oxygen atoms in total. The van der Waals surface area contributed by atoms with Gasteiger partial charge in [0, 0.05) is 11.1 Å². The molecule has 20 heavy (non-hydrogen) atoms. The summed E-state index contributed by atoms with van der Waals surface area (Å²) in [5, 5.41) is 20.2. The number of aliphatic hydroxyl groups is 1. The quantitative estimate of drug-likeness (QED) is 0.611. The summed E-state index contributed by atoms with van der Waals surface area (Å²) in [6.07, 6.45) is 0.324. The van der Waals surface area contributed by atoms with Gasteiger partial charge in [0.25, 0.3) is 5.69 Å².